The van der Waals surface area contributed by atoms with Crippen LogP contribution < -0.4 is 4.74 Å². The standard InChI is InChI=1S/C19H25N3O2/c1-4-22-18(19(23)21-10-8-14(2)9-11-21)13-17(20-22)15-6-5-7-16(12-15)24-3/h5-7,12-14H,4,8-11H2,1-3H3. The molecule has 1 aromatic heterocycles. The molecule has 1 fully saturated rings. The van der Waals surface area contributed by atoms with Gasteiger partial charge in [0, 0.05) is 25.2 Å². The highest BCUT2D eigenvalue weighted by molar-refractivity contribution is 5.93. The van der Waals surface area contributed by atoms with Crippen molar-refractivity contribution in [2.24, 2.45) is 5.92 Å². The van der Waals surface area contributed by atoms with E-state index in [1.54, 1.807) is 11.8 Å². The van der Waals surface area contributed by atoms with E-state index in [2.05, 4.69) is 12.0 Å². The molecular formula is C19H25N3O2. The molecule has 0 saturated carbocycles. The largest absolute Gasteiger partial charge is 0.497 e. The zero-order valence-corrected chi connectivity index (χ0v) is 14.7. The maximum absolute atomic E-state index is 12.9. The number of piperidine rings is 1. The molecule has 1 saturated heterocycles. The van der Waals surface area contributed by atoms with Crippen molar-refractivity contribution in [2.45, 2.75) is 33.2 Å². The van der Waals surface area contributed by atoms with Gasteiger partial charge in [-0.2, -0.15) is 5.10 Å². The van der Waals surface area contributed by atoms with Crippen LogP contribution >= 0.6 is 0 Å². The van der Waals surface area contributed by atoms with Gasteiger partial charge < -0.3 is 9.64 Å². The van der Waals surface area contributed by atoms with Gasteiger partial charge >= 0.3 is 0 Å². The number of aryl methyl sites for hydroxylation is 1. The molecule has 0 spiro atoms. The van der Waals surface area contributed by atoms with Gasteiger partial charge in [0.25, 0.3) is 5.91 Å². The average Bonchev–Trinajstić information content (AvgIpc) is 3.06. The summed E-state index contributed by atoms with van der Waals surface area (Å²) in [5.74, 6) is 1.58. The Bertz CT molecular complexity index is 715. The Morgan fingerprint density at radius 2 is 2.04 bits per heavy atom. The lowest BCUT2D eigenvalue weighted by molar-refractivity contribution is 0.0684. The number of carbonyl (C=O) groups excluding carboxylic acids is 1. The van der Waals surface area contributed by atoms with Crippen LogP contribution in [0.3, 0.4) is 0 Å². The number of hydrogen-bond acceptors (Lipinski definition) is 3. The van der Waals surface area contributed by atoms with Gasteiger partial charge in [-0.05, 0) is 43.9 Å². The van der Waals surface area contributed by atoms with Crippen LogP contribution in [0, 0.1) is 5.92 Å². The van der Waals surface area contributed by atoms with Crippen molar-refractivity contribution >= 4 is 5.91 Å². The third kappa shape index (κ3) is 3.30. The second-order valence-corrected chi connectivity index (χ2v) is 6.44. The van der Waals surface area contributed by atoms with Crippen LogP contribution in [0.4, 0.5) is 0 Å². The van der Waals surface area contributed by atoms with Gasteiger partial charge in [-0.15, -0.1) is 0 Å². The van der Waals surface area contributed by atoms with Gasteiger partial charge in [0.1, 0.15) is 11.4 Å². The quantitative estimate of drug-likeness (QED) is 0.864. The third-order valence-electron chi connectivity index (χ3n) is 4.73. The molecule has 0 radical (unpaired) electrons. The number of benzene rings is 1. The van der Waals surface area contributed by atoms with E-state index in [4.69, 9.17) is 4.74 Å². The monoisotopic (exact) mass is 327 g/mol. The van der Waals surface area contributed by atoms with E-state index in [1.807, 2.05) is 42.2 Å². The van der Waals surface area contributed by atoms with Crippen molar-refractivity contribution in [2.75, 3.05) is 20.2 Å². The predicted molar refractivity (Wildman–Crippen MR) is 94.2 cm³/mol. The van der Waals surface area contributed by atoms with Crippen molar-refractivity contribution in [1.82, 2.24) is 14.7 Å². The number of aromatic nitrogens is 2. The molecule has 5 heteroatoms. The van der Waals surface area contributed by atoms with Crippen LogP contribution in [0.1, 0.15) is 37.2 Å². The van der Waals surface area contributed by atoms with E-state index in [0.29, 0.717) is 18.2 Å². The summed E-state index contributed by atoms with van der Waals surface area (Å²) in [6.07, 6.45) is 2.16. The van der Waals surface area contributed by atoms with E-state index in [-0.39, 0.29) is 5.91 Å². The van der Waals surface area contributed by atoms with Gasteiger partial charge in [-0.3, -0.25) is 9.48 Å². The van der Waals surface area contributed by atoms with Crippen LogP contribution in [0.5, 0.6) is 5.75 Å². The van der Waals surface area contributed by atoms with Crippen LogP contribution in [0.15, 0.2) is 30.3 Å². The summed E-state index contributed by atoms with van der Waals surface area (Å²) < 4.78 is 7.08. The lowest BCUT2D eigenvalue weighted by atomic mass is 9.99. The average molecular weight is 327 g/mol. The molecule has 0 aliphatic carbocycles. The second-order valence-electron chi connectivity index (χ2n) is 6.44. The minimum atomic E-state index is 0.0883. The van der Waals surface area contributed by atoms with E-state index < -0.39 is 0 Å². The Balaban J connectivity index is 1.88. The van der Waals surface area contributed by atoms with Crippen LogP contribution in [-0.4, -0.2) is 40.8 Å². The molecular weight excluding hydrogens is 302 g/mol. The van der Waals surface area contributed by atoms with Crippen LogP contribution in [-0.2, 0) is 6.54 Å². The maximum atomic E-state index is 12.9. The topological polar surface area (TPSA) is 47.4 Å². The van der Waals surface area contributed by atoms with Gasteiger partial charge in [-0.1, -0.05) is 19.1 Å². The summed E-state index contributed by atoms with van der Waals surface area (Å²) in [4.78, 5) is 14.9. The first-order valence-electron chi connectivity index (χ1n) is 8.64. The first-order chi connectivity index (χ1) is 11.6. The molecule has 128 valence electrons. The third-order valence-corrected chi connectivity index (χ3v) is 4.73. The Morgan fingerprint density at radius 3 is 2.71 bits per heavy atom. The smallest absolute Gasteiger partial charge is 0.272 e. The number of likely N-dealkylation sites (tertiary alicyclic amines) is 1. The molecule has 0 unspecified atom stereocenters. The maximum Gasteiger partial charge on any atom is 0.272 e. The number of nitrogens with zero attached hydrogens (tertiary/aromatic N) is 3. The van der Waals surface area contributed by atoms with E-state index in [1.165, 1.54) is 0 Å². The summed E-state index contributed by atoms with van der Waals surface area (Å²) in [6, 6.07) is 9.67. The van der Waals surface area contributed by atoms with Gasteiger partial charge in [0.15, 0.2) is 0 Å². The van der Waals surface area contributed by atoms with Gasteiger partial charge in [0.2, 0.25) is 0 Å². The number of methoxy groups -OCH3 is 1. The summed E-state index contributed by atoms with van der Waals surface area (Å²) in [5.41, 5.74) is 2.44. The Labute approximate surface area is 143 Å². The summed E-state index contributed by atoms with van der Waals surface area (Å²) >= 11 is 0. The number of hydrogen-bond donors (Lipinski definition) is 0. The molecule has 2 aromatic rings. The van der Waals surface area contributed by atoms with Crippen molar-refractivity contribution in [3.8, 4) is 17.0 Å². The van der Waals surface area contributed by atoms with Crippen molar-refractivity contribution in [3.63, 3.8) is 0 Å². The number of ether oxygens (including phenoxy) is 1. The first-order valence-corrected chi connectivity index (χ1v) is 8.64. The highest BCUT2D eigenvalue weighted by atomic mass is 16.5. The molecule has 1 amide bonds. The van der Waals surface area contributed by atoms with Crippen LogP contribution in [0.25, 0.3) is 11.3 Å². The second kappa shape index (κ2) is 7.07. The van der Waals surface area contributed by atoms with Crippen molar-refractivity contribution in [3.05, 3.63) is 36.0 Å². The summed E-state index contributed by atoms with van der Waals surface area (Å²) in [6.45, 7) is 6.61. The minimum Gasteiger partial charge on any atom is -0.497 e. The fourth-order valence-electron chi connectivity index (χ4n) is 3.13. The summed E-state index contributed by atoms with van der Waals surface area (Å²) in [7, 11) is 1.65. The Morgan fingerprint density at radius 1 is 1.29 bits per heavy atom. The molecule has 0 atom stereocenters. The lowest BCUT2D eigenvalue weighted by Gasteiger charge is -2.30. The fourth-order valence-corrected chi connectivity index (χ4v) is 3.13. The molecule has 1 aliphatic rings. The number of carbonyl (C=O) groups is 1. The molecule has 1 aliphatic heterocycles. The normalized spacial score (nSPS) is 15.5. The van der Waals surface area contributed by atoms with E-state index in [0.717, 1.165) is 42.9 Å². The lowest BCUT2D eigenvalue weighted by Crippen LogP contribution is -2.38. The van der Waals surface area contributed by atoms with Gasteiger partial charge in [-0.25, -0.2) is 0 Å². The molecule has 24 heavy (non-hydrogen) atoms. The molecule has 1 aromatic carbocycles. The first kappa shape index (κ1) is 16.6. The highest BCUT2D eigenvalue weighted by Gasteiger charge is 2.24. The summed E-state index contributed by atoms with van der Waals surface area (Å²) in [5, 5.41) is 4.62. The number of amides is 1. The highest BCUT2D eigenvalue weighted by Crippen LogP contribution is 2.25. The molecule has 0 N–H and O–H groups in total. The van der Waals surface area contributed by atoms with Gasteiger partial charge in [0.05, 0.1) is 12.8 Å². The number of rotatable bonds is 4. The zero-order chi connectivity index (χ0) is 17.1. The molecule has 5 nitrogen and oxygen atoms in total. The van der Waals surface area contributed by atoms with E-state index >= 15 is 0 Å². The molecule has 0 bridgehead atoms. The Kier molecular flexibility index (Phi) is 4.88. The zero-order valence-electron chi connectivity index (χ0n) is 14.7. The van der Waals surface area contributed by atoms with E-state index in [9.17, 15) is 4.79 Å². The van der Waals surface area contributed by atoms with Crippen molar-refractivity contribution in [1.29, 1.82) is 0 Å². The molecule has 3 rings (SSSR count). The fraction of sp³-hybridized carbons (Fsp3) is 0.474. The SMILES string of the molecule is CCn1nc(-c2cccc(OC)c2)cc1C(=O)N1CCC(C)CC1. The Hall–Kier alpha value is -2.30. The van der Waals surface area contributed by atoms with Crippen molar-refractivity contribution < 1.29 is 9.53 Å². The molecule has 2 heterocycles. The predicted octanol–water partition coefficient (Wildman–Crippen LogP) is 3.45. The minimum absolute atomic E-state index is 0.0883. The van der Waals surface area contributed by atoms with Crippen LogP contribution in [0.2, 0.25) is 0 Å².